The van der Waals surface area contributed by atoms with Gasteiger partial charge in [-0.3, -0.25) is 4.79 Å². The maximum Gasteiger partial charge on any atom is 0.227 e. The Morgan fingerprint density at radius 3 is 2.67 bits per heavy atom. The Balaban J connectivity index is 2.55. The van der Waals surface area contributed by atoms with Crippen LogP contribution in [0.3, 0.4) is 0 Å². The van der Waals surface area contributed by atoms with E-state index >= 15 is 0 Å². The molecule has 0 saturated heterocycles. The average molecular weight is 209 g/mol. The Bertz CT molecular complexity index is 263. The number of carbonyl (C=O) groups excluding carboxylic acids is 1. The van der Waals surface area contributed by atoms with Gasteiger partial charge in [-0.15, -0.1) is 0 Å². The van der Waals surface area contributed by atoms with Crippen LogP contribution >= 0.6 is 0 Å². The van der Waals surface area contributed by atoms with Crippen LogP contribution < -0.4 is 11.1 Å². The van der Waals surface area contributed by atoms with Gasteiger partial charge in [0.2, 0.25) is 5.91 Å². The maximum atomic E-state index is 12.0. The number of carbonyl (C=O) groups is 1. The molecule has 1 fully saturated rings. The molecule has 1 saturated carbocycles. The highest BCUT2D eigenvalue weighted by molar-refractivity contribution is 5.83. The Kier molecular flexibility index (Phi) is 4.10. The molecule has 4 nitrogen and oxygen atoms in total. The SMILES string of the molecule is CC(CC#N)NC(=O)C1(CN)CCCC1. The molecule has 1 atom stereocenters. The lowest BCUT2D eigenvalue weighted by Crippen LogP contribution is -2.47. The minimum absolute atomic E-state index is 0.0326. The smallest absolute Gasteiger partial charge is 0.227 e. The van der Waals surface area contributed by atoms with E-state index < -0.39 is 0 Å². The van der Waals surface area contributed by atoms with Gasteiger partial charge in [0.15, 0.2) is 0 Å². The lowest BCUT2D eigenvalue weighted by atomic mass is 9.85. The summed E-state index contributed by atoms with van der Waals surface area (Å²) in [5.74, 6) is 0.0326. The molecular weight excluding hydrogens is 190 g/mol. The molecule has 1 aliphatic rings. The Hall–Kier alpha value is -1.08. The molecule has 1 aliphatic carbocycles. The summed E-state index contributed by atoms with van der Waals surface area (Å²) in [4.78, 5) is 12.0. The molecule has 0 radical (unpaired) electrons. The molecule has 1 amide bonds. The number of nitrogens with zero attached hydrogens (tertiary/aromatic N) is 1. The summed E-state index contributed by atoms with van der Waals surface area (Å²) in [6.07, 6.45) is 4.28. The van der Waals surface area contributed by atoms with Crippen molar-refractivity contribution in [2.45, 2.75) is 45.1 Å². The lowest BCUT2D eigenvalue weighted by Gasteiger charge is -2.27. The number of hydrogen-bond donors (Lipinski definition) is 2. The molecule has 0 aromatic carbocycles. The fraction of sp³-hybridized carbons (Fsp3) is 0.818. The summed E-state index contributed by atoms with van der Waals surface area (Å²) in [5, 5.41) is 11.4. The van der Waals surface area contributed by atoms with E-state index in [0.29, 0.717) is 13.0 Å². The summed E-state index contributed by atoms with van der Waals surface area (Å²) in [6, 6.07) is 1.97. The zero-order valence-electron chi connectivity index (χ0n) is 9.25. The van der Waals surface area contributed by atoms with Crippen LogP contribution in [-0.2, 0) is 4.79 Å². The second kappa shape index (κ2) is 5.13. The molecule has 0 bridgehead atoms. The van der Waals surface area contributed by atoms with Gasteiger partial charge in [0, 0.05) is 12.6 Å². The van der Waals surface area contributed by atoms with Crippen LogP contribution in [0.25, 0.3) is 0 Å². The van der Waals surface area contributed by atoms with Crippen molar-refractivity contribution in [1.82, 2.24) is 5.32 Å². The monoisotopic (exact) mass is 209 g/mol. The molecular formula is C11H19N3O. The third-order valence-corrected chi connectivity index (χ3v) is 3.21. The number of amides is 1. The molecule has 0 aromatic rings. The number of nitrogens with one attached hydrogen (secondary N) is 1. The minimum atomic E-state index is -0.357. The lowest BCUT2D eigenvalue weighted by molar-refractivity contribution is -0.130. The van der Waals surface area contributed by atoms with E-state index in [2.05, 4.69) is 5.32 Å². The highest BCUT2D eigenvalue weighted by Gasteiger charge is 2.39. The third-order valence-electron chi connectivity index (χ3n) is 3.21. The van der Waals surface area contributed by atoms with E-state index in [1.165, 1.54) is 0 Å². The van der Waals surface area contributed by atoms with Gasteiger partial charge in [0.1, 0.15) is 0 Å². The first-order chi connectivity index (χ1) is 7.14. The average Bonchev–Trinajstić information content (AvgIpc) is 2.67. The van der Waals surface area contributed by atoms with Gasteiger partial charge >= 0.3 is 0 Å². The predicted octanol–water partition coefficient (Wildman–Crippen LogP) is 0.924. The second-order valence-corrected chi connectivity index (χ2v) is 4.43. The zero-order valence-corrected chi connectivity index (χ0v) is 9.25. The Labute approximate surface area is 90.8 Å². The molecule has 0 spiro atoms. The standard InChI is InChI=1S/C11H19N3O/c1-9(4-7-12)14-10(15)11(8-13)5-2-3-6-11/h9H,2-6,8,13H2,1H3,(H,14,15). The molecule has 0 aromatic heterocycles. The fourth-order valence-electron chi connectivity index (χ4n) is 2.14. The summed E-state index contributed by atoms with van der Waals surface area (Å²) in [5.41, 5.74) is 5.34. The molecule has 0 heterocycles. The van der Waals surface area contributed by atoms with Gasteiger partial charge in [0.25, 0.3) is 0 Å². The van der Waals surface area contributed by atoms with Crippen molar-refractivity contribution in [3.8, 4) is 6.07 Å². The van der Waals surface area contributed by atoms with Crippen molar-refractivity contribution >= 4 is 5.91 Å². The molecule has 3 N–H and O–H groups in total. The first-order valence-electron chi connectivity index (χ1n) is 5.52. The van der Waals surface area contributed by atoms with Crippen molar-refractivity contribution in [3.05, 3.63) is 0 Å². The normalized spacial score (nSPS) is 20.6. The minimum Gasteiger partial charge on any atom is -0.352 e. The van der Waals surface area contributed by atoms with Crippen molar-refractivity contribution in [2.24, 2.45) is 11.1 Å². The fourth-order valence-corrected chi connectivity index (χ4v) is 2.14. The van der Waals surface area contributed by atoms with E-state index in [1.807, 2.05) is 13.0 Å². The third kappa shape index (κ3) is 2.69. The van der Waals surface area contributed by atoms with E-state index in [0.717, 1.165) is 25.7 Å². The molecule has 1 unspecified atom stereocenters. The summed E-state index contributed by atoms with van der Waals surface area (Å²) >= 11 is 0. The van der Waals surface area contributed by atoms with E-state index in [9.17, 15) is 4.79 Å². The molecule has 0 aliphatic heterocycles. The van der Waals surface area contributed by atoms with Crippen LogP contribution in [0.15, 0.2) is 0 Å². The molecule has 4 heteroatoms. The maximum absolute atomic E-state index is 12.0. The van der Waals surface area contributed by atoms with Gasteiger partial charge in [0.05, 0.1) is 17.9 Å². The van der Waals surface area contributed by atoms with Crippen LogP contribution in [0, 0.1) is 16.7 Å². The number of nitriles is 1. The largest absolute Gasteiger partial charge is 0.352 e. The second-order valence-electron chi connectivity index (χ2n) is 4.43. The van der Waals surface area contributed by atoms with Crippen LogP contribution in [0.4, 0.5) is 0 Å². The van der Waals surface area contributed by atoms with Crippen molar-refractivity contribution in [3.63, 3.8) is 0 Å². The van der Waals surface area contributed by atoms with Crippen LogP contribution in [0.2, 0.25) is 0 Å². The van der Waals surface area contributed by atoms with Gasteiger partial charge < -0.3 is 11.1 Å². The summed E-state index contributed by atoms with van der Waals surface area (Å²) in [7, 11) is 0. The van der Waals surface area contributed by atoms with Crippen LogP contribution in [0.5, 0.6) is 0 Å². The van der Waals surface area contributed by atoms with E-state index in [1.54, 1.807) is 0 Å². The quantitative estimate of drug-likeness (QED) is 0.722. The van der Waals surface area contributed by atoms with Crippen LogP contribution in [-0.4, -0.2) is 18.5 Å². The topological polar surface area (TPSA) is 78.9 Å². The van der Waals surface area contributed by atoms with Gasteiger partial charge in [-0.05, 0) is 19.8 Å². The zero-order chi connectivity index (χ0) is 11.3. The summed E-state index contributed by atoms with van der Waals surface area (Å²) in [6.45, 7) is 2.26. The van der Waals surface area contributed by atoms with Crippen molar-refractivity contribution in [1.29, 1.82) is 5.26 Å². The molecule has 15 heavy (non-hydrogen) atoms. The van der Waals surface area contributed by atoms with E-state index in [4.69, 9.17) is 11.0 Å². The number of hydrogen-bond acceptors (Lipinski definition) is 3. The Morgan fingerprint density at radius 1 is 1.60 bits per heavy atom. The first kappa shape index (κ1) is 12.0. The van der Waals surface area contributed by atoms with Gasteiger partial charge in [-0.1, -0.05) is 12.8 Å². The molecule has 1 rings (SSSR count). The number of nitrogens with two attached hydrogens (primary N) is 1. The van der Waals surface area contributed by atoms with Gasteiger partial charge in [-0.2, -0.15) is 5.26 Å². The van der Waals surface area contributed by atoms with Crippen molar-refractivity contribution in [2.75, 3.05) is 6.54 Å². The molecule has 84 valence electrons. The highest BCUT2D eigenvalue weighted by Crippen LogP contribution is 2.37. The van der Waals surface area contributed by atoms with E-state index in [-0.39, 0.29) is 17.4 Å². The highest BCUT2D eigenvalue weighted by atomic mass is 16.2. The Morgan fingerprint density at radius 2 is 2.20 bits per heavy atom. The van der Waals surface area contributed by atoms with Crippen LogP contribution in [0.1, 0.15) is 39.0 Å². The summed E-state index contributed by atoms with van der Waals surface area (Å²) < 4.78 is 0. The first-order valence-corrected chi connectivity index (χ1v) is 5.52. The van der Waals surface area contributed by atoms with Gasteiger partial charge in [-0.25, -0.2) is 0 Å². The predicted molar refractivity (Wildman–Crippen MR) is 57.8 cm³/mol. The number of rotatable bonds is 4. The van der Waals surface area contributed by atoms with Crippen molar-refractivity contribution < 1.29 is 4.79 Å².